The number of hydrogen-bond donors (Lipinski definition) is 1. The number of nitro benzene ring substituents is 1. The quantitative estimate of drug-likeness (QED) is 0.666. The molecular weight excluding hydrogens is 266 g/mol. The molecule has 6 nitrogen and oxygen atoms in total. The van der Waals surface area contributed by atoms with Crippen molar-refractivity contribution in [2.75, 3.05) is 30.9 Å². The van der Waals surface area contributed by atoms with E-state index in [4.69, 9.17) is 0 Å². The SMILES string of the molecule is CSCCN(C)C(=O)Nc1ccc([N+](=O)[O-])c(C)c1. The number of anilines is 1. The molecule has 0 bridgehead atoms. The minimum Gasteiger partial charge on any atom is -0.327 e. The summed E-state index contributed by atoms with van der Waals surface area (Å²) in [5.74, 6) is 0.864. The minimum atomic E-state index is -0.439. The molecule has 1 rings (SSSR count). The first kappa shape index (κ1) is 15.3. The Kier molecular flexibility index (Phi) is 5.62. The van der Waals surface area contributed by atoms with E-state index in [9.17, 15) is 14.9 Å². The Balaban J connectivity index is 2.70. The third-order valence-corrected chi connectivity index (χ3v) is 3.21. The Hall–Kier alpha value is -1.76. The van der Waals surface area contributed by atoms with Crippen LogP contribution in [0.1, 0.15) is 5.56 Å². The molecule has 1 aromatic rings. The Morgan fingerprint density at radius 2 is 2.21 bits per heavy atom. The third kappa shape index (κ3) is 4.44. The molecule has 0 fully saturated rings. The lowest BCUT2D eigenvalue weighted by molar-refractivity contribution is -0.385. The third-order valence-electron chi connectivity index (χ3n) is 2.62. The van der Waals surface area contributed by atoms with E-state index < -0.39 is 4.92 Å². The Labute approximate surface area is 116 Å². The second-order valence-electron chi connectivity index (χ2n) is 4.10. The predicted molar refractivity (Wildman–Crippen MR) is 77.9 cm³/mol. The monoisotopic (exact) mass is 283 g/mol. The molecule has 0 unspecified atom stereocenters. The van der Waals surface area contributed by atoms with Gasteiger partial charge in [-0.15, -0.1) is 0 Å². The maximum Gasteiger partial charge on any atom is 0.321 e. The van der Waals surface area contributed by atoms with E-state index in [0.29, 0.717) is 17.8 Å². The van der Waals surface area contributed by atoms with Crippen LogP contribution < -0.4 is 5.32 Å². The van der Waals surface area contributed by atoms with Gasteiger partial charge < -0.3 is 10.2 Å². The summed E-state index contributed by atoms with van der Waals surface area (Å²) in [7, 11) is 1.71. The summed E-state index contributed by atoms with van der Waals surface area (Å²) in [6.45, 7) is 2.30. The zero-order valence-electron chi connectivity index (χ0n) is 11.2. The lowest BCUT2D eigenvalue weighted by atomic mass is 10.2. The summed E-state index contributed by atoms with van der Waals surface area (Å²) in [5.41, 5.74) is 1.13. The van der Waals surface area contributed by atoms with Crippen LogP contribution >= 0.6 is 11.8 Å². The average molecular weight is 283 g/mol. The molecule has 0 spiro atoms. The van der Waals surface area contributed by atoms with Crippen molar-refractivity contribution in [1.29, 1.82) is 0 Å². The molecule has 0 aliphatic carbocycles. The van der Waals surface area contributed by atoms with E-state index in [2.05, 4.69) is 5.32 Å². The normalized spacial score (nSPS) is 10.1. The maximum atomic E-state index is 11.8. The summed E-state index contributed by atoms with van der Waals surface area (Å²) in [6.07, 6.45) is 1.98. The van der Waals surface area contributed by atoms with E-state index >= 15 is 0 Å². The number of rotatable bonds is 5. The number of carbonyl (C=O) groups is 1. The molecular formula is C12H17N3O3S. The number of benzene rings is 1. The summed E-state index contributed by atoms with van der Waals surface area (Å²) in [6, 6.07) is 4.30. The summed E-state index contributed by atoms with van der Waals surface area (Å²) < 4.78 is 0. The smallest absolute Gasteiger partial charge is 0.321 e. The van der Waals surface area contributed by atoms with Crippen molar-refractivity contribution >= 4 is 29.2 Å². The van der Waals surface area contributed by atoms with Gasteiger partial charge in [-0.05, 0) is 25.3 Å². The molecule has 1 aromatic carbocycles. The van der Waals surface area contributed by atoms with Gasteiger partial charge >= 0.3 is 6.03 Å². The van der Waals surface area contributed by atoms with Crippen LogP contribution in [-0.4, -0.2) is 41.5 Å². The van der Waals surface area contributed by atoms with Gasteiger partial charge in [-0.1, -0.05) is 0 Å². The Morgan fingerprint density at radius 3 is 2.74 bits per heavy atom. The highest BCUT2D eigenvalue weighted by atomic mass is 32.2. The van der Waals surface area contributed by atoms with Crippen molar-refractivity contribution in [3.8, 4) is 0 Å². The Bertz CT molecular complexity index is 479. The zero-order valence-corrected chi connectivity index (χ0v) is 12.0. The number of nitro groups is 1. The van der Waals surface area contributed by atoms with E-state index in [1.54, 1.807) is 36.7 Å². The molecule has 0 atom stereocenters. The fraction of sp³-hybridized carbons (Fsp3) is 0.417. The first-order valence-electron chi connectivity index (χ1n) is 5.71. The van der Waals surface area contributed by atoms with Crippen LogP contribution in [-0.2, 0) is 0 Å². The van der Waals surface area contributed by atoms with Gasteiger partial charge in [0.05, 0.1) is 4.92 Å². The number of hydrogen-bond acceptors (Lipinski definition) is 4. The number of nitrogens with one attached hydrogen (secondary N) is 1. The first-order chi connectivity index (χ1) is 8.95. The molecule has 0 saturated heterocycles. The Morgan fingerprint density at radius 1 is 1.53 bits per heavy atom. The summed E-state index contributed by atoms with van der Waals surface area (Å²) in [4.78, 5) is 23.6. The second kappa shape index (κ2) is 6.98. The minimum absolute atomic E-state index is 0.0498. The van der Waals surface area contributed by atoms with Crippen LogP contribution in [0.4, 0.5) is 16.2 Å². The second-order valence-corrected chi connectivity index (χ2v) is 5.09. The van der Waals surface area contributed by atoms with Crippen molar-refractivity contribution in [2.45, 2.75) is 6.92 Å². The number of urea groups is 1. The molecule has 1 N–H and O–H groups in total. The predicted octanol–water partition coefficient (Wildman–Crippen LogP) is 2.73. The van der Waals surface area contributed by atoms with Crippen molar-refractivity contribution in [3.63, 3.8) is 0 Å². The van der Waals surface area contributed by atoms with E-state index in [1.165, 1.54) is 12.1 Å². The number of thioether (sulfide) groups is 1. The highest BCUT2D eigenvalue weighted by Gasteiger charge is 2.12. The largest absolute Gasteiger partial charge is 0.327 e. The topological polar surface area (TPSA) is 75.5 Å². The van der Waals surface area contributed by atoms with Crippen molar-refractivity contribution in [2.24, 2.45) is 0 Å². The van der Waals surface area contributed by atoms with Gasteiger partial charge in [0.15, 0.2) is 0 Å². The van der Waals surface area contributed by atoms with Crippen LogP contribution in [0.2, 0.25) is 0 Å². The van der Waals surface area contributed by atoms with Crippen LogP contribution in [0, 0.1) is 17.0 Å². The van der Waals surface area contributed by atoms with E-state index in [0.717, 1.165) is 5.75 Å². The molecule has 104 valence electrons. The first-order valence-corrected chi connectivity index (χ1v) is 7.11. The van der Waals surface area contributed by atoms with Crippen LogP contribution in [0.25, 0.3) is 0 Å². The number of amides is 2. The lowest BCUT2D eigenvalue weighted by Crippen LogP contribution is -2.33. The molecule has 7 heteroatoms. The molecule has 0 saturated carbocycles. The molecule has 0 aliphatic rings. The van der Waals surface area contributed by atoms with Crippen molar-refractivity contribution < 1.29 is 9.72 Å². The van der Waals surface area contributed by atoms with Crippen molar-refractivity contribution in [3.05, 3.63) is 33.9 Å². The molecule has 19 heavy (non-hydrogen) atoms. The summed E-state index contributed by atoms with van der Waals surface area (Å²) >= 11 is 1.66. The molecule has 0 aliphatic heterocycles. The molecule has 2 amide bonds. The van der Waals surface area contributed by atoms with Gasteiger partial charge in [0.25, 0.3) is 5.69 Å². The lowest BCUT2D eigenvalue weighted by Gasteiger charge is -2.17. The number of nitrogens with zero attached hydrogens (tertiary/aromatic N) is 2. The van der Waals surface area contributed by atoms with E-state index in [-0.39, 0.29) is 11.7 Å². The van der Waals surface area contributed by atoms with Gasteiger partial charge in [0.2, 0.25) is 0 Å². The van der Waals surface area contributed by atoms with Gasteiger partial charge in [-0.2, -0.15) is 11.8 Å². The standard InChI is InChI=1S/C12H17N3O3S/c1-9-8-10(4-5-11(9)15(17)18)13-12(16)14(2)6-7-19-3/h4-5,8H,6-7H2,1-3H3,(H,13,16). The molecule has 0 heterocycles. The highest BCUT2D eigenvalue weighted by molar-refractivity contribution is 7.98. The average Bonchev–Trinajstić information content (AvgIpc) is 2.35. The maximum absolute atomic E-state index is 11.8. The molecule has 0 aromatic heterocycles. The van der Waals surface area contributed by atoms with Crippen LogP contribution in [0.15, 0.2) is 18.2 Å². The van der Waals surface area contributed by atoms with Crippen LogP contribution in [0.5, 0.6) is 0 Å². The fourth-order valence-electron chi connectivity index (χ4n) is 1.49. The van der Waals surface area contributed by atoms with Crippen LogP contribution in [0.3, 0.4) is 0 Å². The van der Waals surface area contributed by atoms with Crippen molar-refractivity contribution in [1.82, 2.24) is 4.90 Å². The van der Waals surface area contributed by atoms with Gasteiger partial charge in [-0.3, -0.25) is 10.1 Å². The van der Waals surface area contributed by atoms with Gasteiger partial charge in [-0.25, -0.2) is 4.79 Å². The fourth-order valence-corrected chi connectivity index (χ4v) is 1.94. The van der Waals surface area contributed by atoms with Gasteiger partial charge in [0, 0.05) is 36.7 Å². The van der Waals surface area contributed by atoms with E-state index in [1.807, 2.05) is 6.26 Å². The number of carbonyl (C=O) groups excluding carboxylic acids is 1. The highest BCUT2D eigenvalue weighted by Crippen LogP contribution is 2.21. The van der Waals surface area contributed by atoms with Gasteiger partial charge in [0.1, 0.15) is 0 Å². The summed E-state index contributed by atoms with van der Waals surface area (Å²) in [5, 5.41) is 13.4. The molecule has 0 radical (unpaired) electrons. The number of aryl methyl sites for hydroxylation is 1. The zero-order chi connectivity index (χ0) is 14.4.